The van der Waals surface area contributed by atoms with Crippen LogP contribution in [0.4, 0.5) is 10.5 Å². The van der Waals surface area contributed by atoms with Crippen molar-refractivity contribution in [2.75, 3.05) is 18.1 Å². The van der Waals surface area contributed by atoms with E-state index in [0.29, 0.717) is 23.7 Å². The van der Waals surface area contributed by atoms with Gasteiger partial charge in [0, 0.05) is 16.5 Å². The number of amides is 3. The van der Waals surface area contributed by atoms with Crippen molar-refractivity contribution in [3.63, 3.8) is 0 Å². The van der Waals surface area contributed by atoms with Crippen molar-refractivity contribution in [1.29, 1.82) is 0 Å². The van der Waals surface area contributed by atoms with E-state index in [-0.39, 0.29) is 28.4 Å². The SMILES string of the molecule is CCOC(=O)CN1C(=O)S/C(=C2\C(=O)N3c4c2cc(C)cc4C(C)(c2ccccc2)CC3(C)C)C1=O. The Morgan fingerprint density at radius 3 is 2.42 bits per heavy atom. The van der Waals surface area contributed by atoms with Gasteiger partial charge in [0.15, 0.2) is 0 Å². The first-order valence-corrected chi connectivity index (χ1v) is 12.8. The van der Waals surface area contributed by atoms with Gasteiger partial charge < -0.3 is 9.64 Å². The number of imide groups is 1. The summed E-state index contributed by atoms with van der Waals surface area (Å²) in [7, 11) is 0. The molecular weight excluding hydrogens is 476 g/mol. The van der Waals surface area contributed by atoms with Gasteiger partial charge in [-0.3, -0.25) is 24.1 Å². The minimum Gasteiger partial charge on any atom is -0.465 e. The number of carbonyl (C=O) groups excluding carboxylic acids is 4. The highest BCUT2D eigenvalue weighted by Crippen LogP contribution is 2.57. The quantitative estimate of drug-likeness (QED) is 0.439. The molecule has 0 aromatic heterocycles. The molecule has 0 N–H and O–H groups in total. The van der Waals surface area contributed by atoms with Gasteiger partial charge in [-0.15, -0.1) is 0 Å². The first-order valence-electron chi connectivity index (χ1n) is 12.0. The second-order valence-corrected chi connectivity index (χ2v) is 11.3. The fraction of sp³-hybridized carbons (Fsp3) is 0.357. The lowest BCUT2D eigenvalue weighted by Gasteiger charge is -2.50. The molecule has 2 aromatic rings. The third-order valence-corrected chi connectivity index (χ3v) is 8.21. The van der Waals surface area contributed by atoms with Crippen molar-refractivity contribution in [1.82, 2.24) is 4.90 Å². The third-order valence-electron chi connectivity index (χ3n) is 7.23. The zero-order valence-corrected chi connectivity index (χ0v) is 21.8. The normalized spacial score (nSPS) is 24.4. The number of rotatable bonds is 4. The van der Waals surface area contributed by atoms with E-state index in [1.54, 1.807) is 11.8 Å². The van der Waals surface area contributed by atoms with Gasteiger partial charge in [-0.2, -0.15) is 0 Å². The number of ether oxygens (including phenoxy) is 1. The molecule has 5 rings (SSSR count). The molecule has 3 aliphatic heterocycles. The van der Waals surface area contributed by atoms with Crippen molar-refractivity contribution in [3.8, 4) is 0 Å². The Hall–Kier alpha value is -3.39. The van der Waals surface area contributed by atoms with Gasteiger partial charge in [-0.05, 0) is 63.1 Å². The maximum Gasteiger partial charge on any atom is 0.326 e. The minimum atomic E-state index is -0.665. The zero-order chi connectivity index (χ0) is 26.0. The Morgan fingerprint density at radius 1 is 1.06 bits per heavy atom. The number of esters is 1. The molecule has 7 nitrogen and oxygen atoms in total. The molecule has 0 radical (unpaired) electrons. The molecule has 186 valence electrons. The highest BCUT2D eigenvalue weighted by atomic mass is 32.2. The Morgan fingerprint density at radius 2 is 1.75 bits per heavy atom. The maximum atomic E-state index is 14.0. The lowest BCUT2D eigenvalue weighted by Crippen LogP contribution is -2.54. The summed E-state index contributed by atoms with van der Waals surface area (Å²) in [6.07, 6.45) is 0.684. The van der Waals surface area contributed by atoms with Crippen LogP contribution in [0, 0.1) is 6.92 Å². The molecule has 8 heteroatoms. The van der Waals surface area contributed by atoms with Crippen molar-refractivity contribution < 1.29 is 23.9 Å². The number of thioether (sulfide) groups is 1. The molecule has 1 unspecified atom stereocenters. The van der Waals surface area contributed by atoms with Crippen molar-refractivity contribution in [2.45, 2.75) is 52.0 Å². The van der Waals surface area contributed by atoms with Gasteiger partial charge in [0.1, 0.15) is 6.54 Å². The molecule has 0 saturated carbocycles. The highest BCUT2D eigenvalue weighted by molar-refractivity contribution is 8.18. The van der Waals surface area contributed by atoms with Gasteiger partial charge in [0.25, 0.3) is 17.1 Å². The fourth-order valence-corrected chi connectivity index (χ4v) is 6.81. The summed E-state index contributed by atoms with van der Waals surface area (Å²) in [6.45, 7) is 9.57. The molecular formula is C28H28N2O5S. The van der Waals surface area contributed by atoms with Crippen molar-refractivity contribution in [3.05, 3.63) is 69.6 Å². The average molecular weight is 505 g/mol. The minimum absolute atomic E-state index is 0.0636. The lowest BCUT2D eigenvalue weighted by atomic mass is 9.65. The van der Waals surface area contributed by atoms with Crippen LogP contribution in [0.2, 0.25) is 0 Å². The largest absolute Gasteiger partial charge is 0.465 e. The monoisotopic (exact) mass is 504 g/mol. The topological polar surface area (TPSA) is 84.0 Å². The van der Waals surface area contributed by atoms with E-state index < -0.39 is 29.2 Å². The Kier molecular flexibility index (Phi) is 5.63. The highest BCUT2D eigenvalue weighted by Gasteiger charge is 2.54. The van der Waals surface area contributed by atoms with Crippen molar-refractivity contribution >= 4 is 46.0 Å². The van der Waals surface area contributed by atoms with Gasteiger partial charge in [0.05, 0.1) is 22.8 Å². The molecule has 1 fully saturated rings. The summed E-state index contributed by atoms with van der Waals surface area (Å²) >= 11 is 0.709. The van der Waals surface area contributed by atoms with E-state index in [4.69, 9.17) is 4.74 Å². The Balaban J connectivity index is 1.71. The summed E-state index contributed by atoms with van der Waals surface area (Å²) < 4.78 is 4.92. The molecule has 1 atom stereocenters. The number of hydrogen-bond donors (Lipinski definition) is 0. The zero-order valence-electron chi connectivity index (χ0n) is 21.0. The third kappa shape index (κ3) is 3.50. The first kappa shape index (κ1) is 24.3. The summed E-state index contributed by atoms with van der Waals surface area (Å²) in [4.78, 5) is 54.8. The van der Waals surface area contributed by atoms with Crippen LogP contribution in [0.3, 0.4) is 0 Å². The van der Waals surface area contributed by atoms with Crippen LogP contribution >= 0.6 is 11.8 Å². The Labute approximate surface area is 214 Å². The van der Waals surface area contributed by atoms with Crippen LogP contribution in [-0.4, -0.2) is 46.6 Å². The summed E-state index contributed by atoms with van der Waals surface area (Å²) in [6, 6.07) is 14.3. The summed E-state index contributed by atoms with van der Waals surface area (Å²) in [5.74, 6) is -1.60. The molecule has 1 saturated heterocycles. The number of anilines is 1. The van der Waals surface area contributed by atoms with Crippen molar-refractivity contribution in [2.24, 2.45) is 0 Å². The van der Waals surface area contributed by atoms with E-state index >= 15 is 0 Å². The molecule has 0 bridgehead atoms. The second kappa shape index (κ2) is 8.34. The number of carbonyl (C=O) groups is 4. The number of benzene rings is 2. The van der Waals surface area contributed by atoms with Gasteiger partial charge in [-0.1, -0.05) is 48.9 Å². The molecule has 3 heterocycles. The average Bonchev–Trinajstić information content (AvgIpc) is 3.26. The summed E-state index contributed by atoms with van der Waals surface area (Å²) in [5, 5.41) is -0.584. The van der Waals surface area contributed by atoms with E-state index in [2.05, 4.69) is 25.1 Å². The second-order valence-electron chi connectivity index (χ2n) is 10.3. The van der Waals surface area contributed by atoms with Crippen LogP contribution in [-0.2, 0) is 24.5 Å². The number of aryl methyl sites for hydroxylation is 1. The predicted molar refractivity (Wildman–Crippen MR) is 139 cm³/mol. The van der Waals surface area contributed by atoms with Crippen LogP contribution in [0.15, 0.2) is 47.4 Å². The smallest absolute Gasteiger partial charge is 0.326 e. The van der Waals surface area contributed by atoms with E-state index in [0.717, 1.165) is 27.3 Å². The molecule has 0 spiro atoms. The molecule has 3 aliphatic rings. The van der Waals surface area contributed by atoms with Gasteiger partial charge >= 0.3 is 5.97 Å². The van der Waals surface area contributed by atoms with E-state index in [9.17, 15) is 19.2 Å². The van der Waals surface area contributed by atoms with Crippen LogP contribution < -0.4 is 4.90 Å². The molecule has 3 amide bonds. The lowest BCUT2D eigenvalue weighted by molar-refractivity contribution is -0.145. The first-order chi connectivity index (χ1) is 17.0. The number of nitrogens with zero attached hydrogens (tertiary/aromatic N) is 2. The maximum absolute atomic E-state index is 14.0. The molecule has 36 heavy (non-hydrogen) atoms. The Bertz CT molecular complexity index is 1360. The van der Waals surface area contributed by atoms with Crippen LogP contribution in [0.5, 0.6) is 0 Å². The molecule has 0 aliphatic carbocycles. The van der Waals surface area contributed by atoms with E-state index in [1.807, 2.05) is 45.0 Å². The van der Waals surface area contributed by atoms with Gasteiger partial charge in [-0.25, -0.2) is 0 Å². The predicted octanol–water partition coefficient (Wildman–Crippen LogP) is 4.80. The van der Waals surface area contributed by atoms with Gasteiger partial charge in [0.2, 0.25) is 0 Å². The van der Waals surface area contributed by atoms with E-state index in [1.165, 1.54) is 0 Å². The standard InChI is InChI=1S/C28H28N2O5S/c1-6-35-20(31)14-29-25(33)23(36-26(29)34)21-18-12-16(2)13-19-22(18)30(24(21)32)27(3,4)15-28(19,5)17-10-8-7-9-11-17/h7-13H,6,14-15H2,1-5H3/b23-21-. The number of hydrogen-bond acceptors (Lipinski definition) is 6. The van der Waals surface area contributed by atoms with Crippen LogP contribution in [0.25, 0.3) is 5.57 Å². The fourth-order valence-electron chi connectivity index (χ4n) is 5.88. The summed E-state index contributed by atoms with van der Waals surface area (Å²) in [5.41, 5.74) is 3.90. The molecule has 2 aromatic carbocycles. The van der Waals surface area contributed by atoms with Crippen LogP contribution in [0.1, 0.15) is 56.4 Å².